The number of nitrogens with zero attached hydrogens (tertiary/aromatic N) is 3. The lowest BCUT2D eigenvalue weighted by molar-refractivity contribution is -0.384. The normalized spacial score (nSPS) is 25.7. The van der Waals surface area contributed by atoms with Crippen molar-refractivity contribution >= 4 is 45.3 Å². The molecule has 3 aliphatic rings. The molecule has 0 saturated heterocycles. The third-order valence-electron chi connectivity index (χ3n) is 9.09. The van der Waals surface area contributed by atoms with Crippen LogP contribution in [0.5, 0.6) is 5.75 Å². The van der Waals surface area contributed by atoms with E-state index in [-0.39, 0.29) is 22.5 Å². The van der Waals surface area contributed by atoms with E-state index in [1.54, 1.807) is 50.7 Å². The molecule has 0 saturated carbocycles. The molecule has 1 aromatic heterocycles. The van der Waals surface area contributed by atoms with Gasteiger partial charge in [0, 0.05) is 40.5 Å². The Morgan fingerprint density at radius 2 is 1.85 bits per heavy atom. The lowest BCUT2D eigenvalue weighted by atomic mass is 9.57. The van der Waals surface area contributed by atoms with E-state index in [4.69, 9.17) is 5.73 Å². The summed E-state index contributed by atoms with van der Waals surface area (Å²) >= 11 is 1.16. The Morgan fingerprint density at radius 1 is 1.13 bits per heavy atom. The summed E-state index contributed by atoms with van der Waals surface area (Å²) in [4.78, 5) is 56.4. The van der Waals surface area contributed by atoms with Crippen molar-refractivity contribution in [3.63, 3.8) is 0 Å². The van der Waals surface area contributed by atoms with Crippen molar-refractivity contribution < 1.29 is 39.7 Å². The smallest absolute Gasteiger partial charge is 0.270 e. The van der Waals surface area contributed by atoms with Crippen LogP contribution in [0, 0.1) is 27.9 Å². The zero-order chi connectivity index (χ0) is 33.4. The first-order valence-corrected chi connectivity index (χ1v) is 15.0. The largest absolute Gasteiger partial charge is 0.511 e. The van der Waals surface area contributed by atoms with Crippen molar-refractivity contribution in [3.8, 4) is 17.0 Å². The molecule has 0 radical (unpaired) electrons. The van der Waals surface area contributed by atoms with Crippen molar-refractivity contribution in [2.45, 2.75) is 25.0 Å². The van der Waals surface area contributed by atoms with E-state index in [9.17, 15) is 44.9 Å². The van der Waals surface area contributed by atoms with Gasteiger partial charge in [0.15, 0.2) is 22.4 Å². The molecule has 238 valence electrons. The number of thiazole rings is 1. The van der Waals surface area contributed by atoms with E-state index >= 15 is 0 Å². The first-order chi connectivity index (χ1) is 21.7. The van der Waals surface area contributed by atoms with Gasteiger partial charge in [0.25, 0.3) is 11.6 Å². The summed E-state index contributed by atoms with van der Waals surface area (Å²) < 4.78 is 0. The number of ketones is 2. The molecule has 7 N–H and O–H groups in total. The van der Waals surface area contributed by atoms with Crippen LogP contribution in [0.3, 0.4) is 0 Å². The van der Waals surface area contributed by atoms with E-state index in [0.29, 0.717) is 22.0 Å². The summed E-state index contributed by atoms with van der Waals surface area (Å²) in [5, 5.41) is 61.7. The van der Waals surface area contributed by atoms with E-state index in [0.717, 1.165) is 11.3 Å². The van der Waals surface area contributed by atoms with Gasteiger partial charge < -0.3 is 31.5 Å². The summed E-state index contributed by atoms with van der Waals surface area (Å²) in [6.07, 6.45) is -1.42. The average Bonchev–Trinajstić information content (AvgIpc) is 3.46. The van der Waals surface area contributed by atoms with Crippen molar-refractivity contribution in [2.24, 2.45) is 23.5 Å². The Kier molecular flexibility index (Phi) is 7.42. The molecule has 3 aliphatic carbocycles. The number of non-ortho nitro benzene ring substituents is 1. The number of nitro groups is 1. The number of carbonyl (C=O) groups excluding carboxylic acids is 3. The highest BCUT2D eigenvalue weighted by Crippen LogP contribution is 2.54. The van der Waals surface area contributed by atoms with Crippen LogP contribution in [0.2, 0.25) is 0 Å². The Morgan fingerprint density at radius 3 is 2.50 bits per heavy atom. The molecule has 3 aromatic rings. The van der Waals surface area contributed by atoms with Gasteiger partial charge in [-0.3, -0.25) is 29.4 Å². The molecule has 6 atom stereocenters. The van der Waals surface area contributed by atoms with Crippen LogP contribution in [-0.2, 0) is 9.59 Å². The number of Topliss-reactive ketones (excluding diaryl/α,β-unsaturated/α-hetero) is 2. The average molecular weight is 648 g/mol. The maximum atomic E-state index is 14.1. The Labute approximate surface area is 265 Å². The van der Waals surface area contributed by atoms with Gasteiger partial charge in [-0.05, 0) is 31.6 Å². The highest BCUT2D eigenvalue weighted by molar-refractivity contribution is 7.14. The number of nitro benzene ring substituents is 1. The number of likely N-dealkylation sites (N-methyl/N-ethyl adjacent to an activating group) is 1. The van der Waals surface area contributed by atoms with Crippen LogP contribution in [0.1, 0.15) is 28.8 Å². The topological polar surface area (TPSA) is 229 Å². The third kappa shape index (κ3) is 4.54. The molecule has 46 heavy (non-hydrogen) atoms. The number of fused-ring (bicyclic) bond motifs is 3. The fraction of sp³-hybridized carbons (Fsp3) is 0.290. The zero-order valence-electron chi connectivity index (χ0n) is 24.7. The van der Waals surface area contributed by atoms with Crippen LogP contribution in [0.4, 0.5) is 16.5 Å². The number of aliphatic hydroxyl groups is 3. The predicted molar refractivity (Wildman–Crippen MR) is 166 cm³/mol. The molecule has 15 heteroatoms. The van der Waals surface area contributed by atoms with E-state index in [2.05, 4.69) is 10.3 Å². The molecule has 0 aliphatic heterocycles. The standard InChI is InChI=1S/C31H29N5O9S/c1-11-14-7-8-15(33-31-34-16(10-46-31)12-5-4-6-13(9-12)36(44)45)24(37)18(14)26(39)20-17(11)25(38)19-21(27(20)40)28(41)22(30(32)43)29(42)23(19)35(2)3/h4-11,17,19,21,23,25,37-38,40,42H,1-3H3,(H2,32,43)(H,33,34)/t11-,17?,19?,21?,23-,25-/m0/s1. The maximum Gasteiger partial charge on any atom is 0.270 e. The number of carbonyl (C=O) groups is 3. The number of nitrogens with one attached hydrogen (secondary N) is 1. The quantitative estimate of drug-likeness (QED) is 0.0980. The monoisotopic (exact) mass is 647 g/mol. The molecular weight excluding hydrogens is 618 g/mol. The summed E-state index contributed by atoms with van der Waals surface area (Å²) in [6.45, 7) is 1.71. The molecule has 1 heterocycles. The second-order valence-electron chi connectivity index (χ2n) is 11.8. The Hall–Kier alpha value is -5.12. The summed E-state index contributed by atoms with van der Waals surface area (Å²) in [5.41, 5.74) is 5.66. The van der Waals surface area contributed by atoms with Crippen molar-refractivity contribution in [1.82, 2.24) is 9.88 Å². The Bertz CT molecular complexity index is 1920. The minimum absolute atomic E-state index is 0.0965. The molecule has 6 rings (SSSR count). The molecule has 1 amide bonds. The van der Waals surface area contributed by atoms with Gasteiger partial charge in [-0.25, -0.2) is 4.98 Å². The number of aromatic hydroxyl groups is 1. The van der Waals surface area contributed by atoms with E-state index in [1.807, 2.05) is 0 Å². The number of rotatable bonds is 6. The number of phenolic OH excluding ortho intramolecular Hbond substituents is 1. The van der Waals surface area contributed by atoms with Crippen molar-refractivity contribution in [2.75, 3.05) is 19.4 Å². The van der Waals surface area contributed by atoms with E-state index in [1.165, 1.54) is 17.0 Å². The van der Waals surface area contributed by atoms with Gasteiger partial charge in [-0.2, -0.15) is 0 Å². The first-order valence-electron chi connectivity index (χ1n) is 14.2. The van der Waals surface area contributed by atoms with Crippen LogP contribution < -0.4 is 11.1 Å². The molecule has 2 aromatic carbocycles. The number of amides is 1. The second kappa shape index (κ2) is 11.0. The number of hydrogen-bond donors (Lipinski definition) is 6. The molecule has 0 spiro atoms. The number of benzene rings is 2. The van der Waals surface area contributed by atoms with Gasteiger partial charge in [-0.1, -0.05) is 25.1 Å². The molecule has 14 nitrogen and oxygen atoms in total. The van der Waals surface area contributed by atoms with Gasteiger partial charge in [-0.15, -0.1) is 11.3 Å². The fourth-order valence-electron chi connectivity index (χ4n) is 7.07. The van der Waals surface area contributed by atoms with Crippen molar-refractivity contribution in [3.05, 3.63) is 85.7 Å². The number of nitrogens with two attached hydrogens (primary N) is 1. The zero-order valence-corrected chi connectivity index (χ0v) is 25.5. The summed E-state index contributed by atoms with van der Waals surface area (Å²) in [5.74, 6) is -9.04. The van der Waals surface area contributed by atoms with Gasteiger partial charge in [0.2, 0.25) is 0 Å². The van der Waals surface area contributed by atoms with Gasteiger partial charge >= 0.3 is 0 Å². The third-order valence-corrected chi connectivity index (χ3v) is 9.85. The highest BCUT2D eigenvalue weighted by atomic mass is 32.1. The van der Waals surface area contributed by atoms with Crippen molar-refractivity contribution in [1.29, 1.82) is 0 Å². The van der Waals surface area contributed by atoms with Crippen LogP contribution >= 0.6 is 11.3 Å². The van der Waals surface area contributed by atoms with E-state index < -0.39 is 81.1 Å². The summed E-state index contributed by atoms with van der Waals surface area (Å²) in [6, 6.07) is 8.04. The van der Waals surface area contributed by atoms with Gasteiger partial charge in [0.1, 0.15) is 17.1 Å². The lowest BCUT2D eigenvalue weighted by Crippen LogP contribution is -2.59. The number of aromatic nitrogens is 1. The van der Waals surface area contributed by atoms with Crippen LogP contribution in [0.15, 0.2) is 64.4 Å². The minimum atomic E-state index is -1.55. The number of phenols is 1. The van der Waals surface area contributed by atoms with Crippen LogP contribution in [0.25, 0.3) is 11.3 Å². The number of anilines is 2. The fourth-order valence-corrected chi connectivity index (χ4v) is 7.80. The molecular formula is C31H29N5O9S. The highest BCUT2D eigenvalue weighted by Gasteiger charge is 2.59. The Balaban J connectivity index is 1.40. The SMILES string of the molecule is C[C@H]1c2ccc(Nc3nc(-c4cccc([N+](=O)[O-])c4)cs3)c(O)c2C(=O)C2=C(O)C3C(=O)C(C(N)=O)=C(O)[C@@H](N(C)C)C3[C@@H](O)C21. The number of allylic oxidation sites excluding steroid dienone is 1. The van der Waals surface area contributed by atoms with Gasteiger partial charge in [0.05, 0.1) is 39.9 Å². The molecule has 0 bridgehead atoms. The maximum absolute atomic E-state index is 14.1. The number of primary amides is 1. The minimum Gasteiger partial charge on any atom is -0.511 e. The second-order valence-corrected chi connectivity index (χ2v) is 12.6. The predicted octanol–water partition coefficient (Wildman–Crippen LogP) is 3.31. The first kappa shape index (κ1) is 30.9. The lowest BCUT2D eigenvalue weighted by Gasteiger charge is -2.50. The number of aliphatic hydroxyl groups excluding tert-OH is 3. The summed E-state index contributed by atoms with van der Waals surface area (Å²) in [7, 11) is 3.14. The molecule has 3 unspecified atom stereocenters. The molecule has 0 fully saturated rings. The van der Waals surface area contributed by atoms with Crippen LogP contribution in [-0.4, -0.2) is 78.9 Å². The number of hydrogen-bond acceptors (Lipinski definition) is 13.